The third kappa shape index (κ3) is 4.90. The minimum absolute atomic E-state index is 0.125. The largest absolute Gasteiger partial charge is 0.490 e. The van der Waals surface area contributed by atoms with Crippen molar-refractivity contribution in [2.75, 3.05) is 11.9 Å². The van der Waals surface area contributed by atoms with Crippen LogP contribution in [0, 0.1) is 10.1 Å². The van der Waals surface area contributed by atoms with Gasteiger partial charge in [0.2, 0.25) is 0 Å². The van der Waals surface area contributed by atoms with E-state index in [-0.39, 0.29) is 17.9 Å². The first kappa shape index (κ1) is 18.6. The molecule has 7 nitrogen and oxygen atoms in total. The number of hydrogen-bond acceptors (Lipinski definition) is 6. The van der Waals surface area contributed by atoms with E-state index in [0.717, 1.165) is 4.88 Å². The van der Waals surface area contributed by atoms with Crippen LogP contribution in [-0.2, 0) is 0 Å². The molecule has 3 rings (SSSR count). The Balaban J connectivity index is 1.58. The van der Waals surface area contributed by atoms with Crippen molar-refractivity contribution in [2.45, 2.75) is 6.10 Å². The average molecular weight is 384 g/mol. The number of aliphatic hydroxyl groups excluding tert-OH is 1. The minimum atomic E-state index is -0.696. The summed E-state index contributed by atoms with van der Waals surface area (Å²) >= 11 is 1.46. The van der Waals surface area contributed by atoms with E-state index in [2.05, 4.69) is 5.32 Å². The molecule has 0 bridgehead atoms. The summed E-state index contributed by atoms with van der Waals surface area (Å²) < 4.78 is 5.55. The maximum absolute atomic E-state index is 12.2. The van der Waals surface area contributed by atoms with Gasteiger partial charge in [0.1, 0.15) is 18.5 Å². The molecular formula is C19H16N2O5S. The van der Waals surface area contributed by atoms with Crippen molar-refractivity contribution in [2.24, 2.45) is 0 Å². The Bertz CT molecular complexity index is 926. The molecule has 1 heterocycles. The van der Waals surface area contributed by atoms with Crippen LogP contribution in [0.1, 0.15) is 21.3 Å². The lowest BCUT2D eigenvalue weighted by Crippen LogP contribution is -2.12. The normalized spacial score (nSPS) is 11.6. The first-order valence-corrected chi connectivity index (χ1v) is 8.91. The Hall–Kier alpha value is -3.23. The Morgan fingerprint density at radius 1 is 1.19 bits per heavy atom. The highest BCUT2D eigenvalue weighted by Crippen LogP contribution is 2.22. The number of aliphatic hydroxyl groups is 1. The molecule has 1 aromatic heterocycles. The number of rotatable bonds is 7. The van der Waals surface area contributed by atoms with Crippen molar-refractivity contribution >= 4 is 28.6 Å². The first-order chi connectivity index (χ1) is 13.0. The van der Waals surface area contributed by atoms with Gasteiger partial charge in [0, 0.05) is 28.3 Å². The Morgan fingerprint density at radius 2 is 1.96 bits per heavy atom. The van der Waals surface area contributed by atoms with Crippen LogP contribution >= 0.6 is 11.3 Å². The van der Waals surface area contributed by atoms with Gasteiger partial charge < -0.3 is 15.2 Å². The predicted molar refractivity (Wildman–Crippen MR) is 102 cm³/mol. The molecule has 0 spiro atoms. The predicted octanol–water partition coefficient (Wildman–Crippen LogP) is 4.02. The van der Waals surface area contributed by atoms with Gasteiger partial charge in [0.15, 0.2) is 0 Å². The van der Waals surface area contributed by atoms with Crippen LogP contribution < -0.4 is 10.1 Å². The maximum Gasteiger partial charge on any atom is 0.270 e. The minimum Gasteiger partial charge on any atom is -0.490 e. The molecular weight excluding hydrogens is 368 g/mol. The highest BCUT2D eigenvalue weighted by Gasteiger charge is 2.12. The van der Waals surface area contributed by atoms with E-state index in [4.69, 9.17) is 4.74 Å². The third-order valence-electron chi connectivity index (χ3n) is 3.71. The Labute approximate surface area is 159 Å². The topological polar surface area (TPSA) is 102 Å². The van der Waals surface area contributed by atoms with E-state index in [0.29, 0.717) is 11.4 Å². The molecule has 138 valence electrons. The summed E-state index contributed by atoms with van der Waals surface area (Å²) in [5.41, 5.74) is 0.581. The summed E-state index contributed by atoms with van der Waals surface area (Å²) in [6.07, 6.45) is -0.696. The van der Waals surface area contributed by atoms with Crippen molar-refractivity contribution in [1.29, 1.82) is 0 Å². The van der Waals surface area contributed by atoms with Gasteiger partial charge in [-0.25, -0.2) is 0 Å². The lowest BCUT2D eigenvalue weighted by Gasteiger charge is -2.11. The number of nitro benzene ring substituents is 1. The molecule has 0 aliphatic carbocycles. The monoisotopic (exact) mass is 384 g/mol. The molecule has 3 aromatic rings. The van der Waals surface area contributed by atoms with Crippen molar-refractivity contribution < 1.29 is 19.6 Å². The molecule has 2 aromatic carbocycles. The van der Waals surface area contributed by atoms with Crippen LogP contribution in [-0.4, -0.2) is 22.5 Å². The summed E-state index contributed by atoms with van der Waals surface area (Å²) in [4.78, 5) is 23.3. The van der Waals surface area contributed by atoms with Gasteiger partial charge in [-0.15, -0.1) is 11.3 Å². The van der Waals surface area contributed by atoms with Crippen molar-refractivity contribution in [3.63, 3.8) is 0 Å². The molecule has 1 amide bonds. The number of amides is 1. The fourth-order valence-electron chi connectivity index (χ4n) is 2.34. The van der Waals surface area contributed by atoms with E-state index in [1.54, 1.807) is 24.3 Å². The molecule has 0 aliphatic rings. The maximum atomic E-state index is 12.2. The molecule has 27 heavy (non-hydrogen) atoms. The Kier molecular flexibility index (Phi) is 5.80. The number of nitro groups is 1. The van der Waals surface area contributed by atoms with Crippen LogP contribution in [0.5, 0.6) is 5.75 Å². The molecule has 0 fully saturated rings. The van der Waals surface area contributed by atoms with Crippen LogP contribution in [0.25, 0.3) is 0 Å². The van der Waals surface area contributed by atoms with E-state index >= 15 is 0 Å². The zero-order chi connectivity index (χ0) is 19.2. The highest BCUT2D eigenvalue weighted by molar-refractivity contribution is 7.10. The van der Waals surface area contributed by atoms with Crippen LogP contribution in [0.15, 0.2) is 66.0 Å². The number of thiophene rings is 1. The molecule has 1 atom stereocenters. The smallest absolute Gasteiger partial charge is 0.270 e. The van der Waals surface area contributed by atoms with Gasteiger partial charge in [-0.3, -0.25) is 14.9 Å². The second-order valence-electron chi connectivity index (χ2n) is 5.63. The molecule has 0 saturated heterocycles. The lowest BCUT2D eigenvalue weighted by atomic mass is 10.2. The first-order valence-electron chi connectivity index (χ1n) is 8.03. The SMILES string of the molecule is O=C(Nc1ccc(OC[C@H](O)c2cccs2)cc1)c1cccc([N+](=O)[O-])c1. The summed E-state index contributed by atoms with van der Waals surface area (Å²) in [6, 6.07) is 15.9. The molecule has 0 radical (unpaired) electrons. The highest BCUT2D eigenvalue weighted by atomic mass is 32.1. The number of hydrogen-bond donors (Lipinski definition) is 2. The quantitative estimate of drug-likeness (QED) is 0.473. The number of benzene rings is 2. The number of non-ortho nitro benzene ring substituents is 1. The molecule has 2 N–H and O–H groups in total. The van der Waals surface area contributed by atoms with E-state index in [9.17, 15) is 20.0 Å². The summed E-state index contributed by atoms with van der Waals surface area (Å²) in [5.74, 6) is 0.111. The summed E-state index contributed by atoms with van der Waals surface area (Å²) in [5, 5.41) is 25.4. The van der Waals surface area contributed by atoms with E-state index in [1.807, 2.05) is 17.5 Å². The van der Waals surface area contributed by atoms with Crippen LogP contribution in [0.3, 0.4) is 0 Å². The summed E-state index contributed by atoms with van der Waals surface area (Å²) in [6.45, 7) is 0.125. The second-order valence-corrected chi connectivity index (χ2v) is 6.61. The lowest BCUT2D eigenvalue weighted by molar-refractivity contribution is -0.384. The molecule has 8 heteroatoms. The Morgan fingerprint density at radius 3 is 2.63 bits per heavy atom. The van der Waals surface area contributed by atoms with Crippen molar-refractivity contribution in [3.05, 3.63) is 86.6 Å². The van der Waals surface area contributed by atoms with E-state index < -0.39 is 16.9 Å². The fourth-order valence-corrected chi connectivity index (χ4v) is 3.03. The van der Waals surface area contributed by atoms with Gasteiger partial charge in [0.05, 0.1) is 4.92 Å². The molecule has 0 saturated carbocycles. The number of carbonyl (C=O) groups is 1. The standard InChI is InChI=1S/C19H16N2O5S/c22-17(18-5-2-10-27-18)12-26-16-8-6-14(7-9-16)20-19(23)13-3-1-4-15(11-13)21(24)25/h1-11,17,22H,12H2,(H,20,23)/t17-/m0/s1. The average Bonchev–Trinajstić information content (AvgIpc) is 3.22. The second kappa shape index (κ2) is 8.43. The zero-order valence-electron chi connectivity index (χ0n) is 14.1. The van der Waals surface area contributed by atoms with Gasteiger partial charge >= 0.3 is 0 Å². The summed E-state index contributed by atoms with van der Waals surface area (Å²) in [7, 11) is 0. The fraction of sp³-hybridized carbons (Fsp3) is 0.105. The molecule has 0 aliphatic heterocycles. The van der Waals surface area contributed by atoms with E-state index in [1.165, 1.54) is 35.6 Å². The van der Waals surface area contributed by atoms with Gasteiger partial charge in [-0.05, 0) is 41.8 Å². The van der Waals surface area contributed by atoms with Gasteiger partial charge in [-0.1, -0.05) is 12.1 Å². The van der Waals surface area contributed by atoms with Crippen LogP contribution in [0.2, 0.25) is 0 Å². The van der Waals surface area contributed by atoms with Crippen LogP contribution in [0.4, 0.5) is 11.4 Å². The number of nitrogens with zero attached hydrogens (tertiary/aromatic N) is 1. The van der Waals surface area contributed by atoms with Gasteiger partial charge in [-0.2, -0.15) is 0 Å². The number of ether oxygens (including phenoxy) is 1. The zero-order valence-corrected chi connectivity index (χ0v) is 14.9. The number of carbonyl (C=O) groups excluding carboxylic acids is 1. The number of nitrogens with one attached hydrogen (secondary N) is 1. The number of anilines is 1. The molecule has 0 unspecified atom stereocenters. The van der Waals surface area contributed by atoms with Crippen molar-refractivity contribution in [3.8, 4) is 5.75 Å². The van der Waals surface area contributed by atoms with Crippen molar-refractivity contribution in [1.82, 2.24) is 0 Å². The van der Waals surface area contributed by atoms with Gasteiger partial charge in [0.25, 0.3) is 11.6 Å². The third-order valence-corrected chi connectivity index (χ3v) is 4.68.